The fraction of sp³-hybridized carbons (Fsp3) is 0.176. The Kier molecular flexibility index (Phi) is 4.60. The lowest BCUT2D eigenvalue weighted by Gasteiger charge is -2.06. The molecule has 0 amide bonds. The zero-order chi connectivity index (χ0) is 12.6. The average molecular weight is 238 g/mol. The molecule has 0 saturated heterocycles. The normalized spacial score (nSPS) is 10.7. The molecule has 0 radical (unpaired) electrons. The molecule has 0 aromatic heterocycles. The van der Waals surface area contributed by atoms with Crippen LogP contribution >= 0.6 is 0 Å². The first-order chi connectivity index (χ1) is 8.88. The quantitative estimate of drug-likeness (QED) is 0.667. The SMILES string of the molecule is CCC=CCc1cccc(Oc2ccccc2)c1. The van der Waals surface area contributed by atoms with Crippen molar-refractivity contribution in [2.45, 2.75) is 19.8 Å². The summed E-state index contributed by atoms with van der Waals surface area (Å²) in [7, 11) is 0. The molecule has 0 bridgehead atoms. The third-order valence-corrected chi connectivity index (χ3v) is 2.63. The minimum atomic E-state index is 0.874. The summed E-state index contributed by atoms with van der Waals surface area (Å²) in [4.78, 5) is 0. The molecule has 1 nitrogen and oxygen atoms in total. The Morgan fingerprint density at radius 3 is 2.44 bits per heavy atom. The first-order valence-electron chi connectivity index (χ1n) is 6.35. The van der Waals surface area contributed by atoms with Crippen LogP contribution in [0, 0.1) is 0 Å². The molecular formula is C17H18O. The number of allylic oxidation sites excluding steroid dienone is 2. The van der Waals surface area contributed by atoms with E-state index in [1.54, 1.807) is 0 Å². The fourth-order valence-corrected chi connectivity index (χ4v) is 1.75. The van der Waals surface area contributed by atoms with Crippen LogP contribution in [0.5, 0.6) is 11.5 Å². The largest absolute Gasteiger partial charge is 0.457 e. The van der Waals surface area contributed by atoms with Crippen molar-refractivity contribution in [1.82, 2.24) is 0 Å². The van der Waals surface area contributed by atoms with E-state index in [0.29, 0.717) is 0 Å². The molecule has 2 aromatic carbocycles. The fourth-order valence-electron chi connectivity index (χ4n) is 1.75. The number of hydrogen-bond acceptors (Lipinski definition) is 1. The second kappa shape index (κ2) is 6.65. The van der Waals surface area contributed by atoms with Gasteiger partial charge in [-0.2, -0.15) is 0 Å². The van der Waals surface area contributed by atoms with E-state index in [2.05, 4.69) is 31.2 Å². The van der Waals surface area contributed by atoms with Crippen molar-refractivity contribution in [3.63, 3.8) is 0 Å². The summed E-state index contributed by atoms with van der Waals surface area (Å²) < 4.78 is 5.80. The molecular weight excluding hydrogens is 220 g/mol. The highest BCUT2D eigenvalue weighted by molar-refractivity contribution is 5.34. The maximum absolute atomic E-state index is 5.80. The van der Waals surface area contributed by atoms with E-state index in [9.17, 15) is 0 Å². The maximum atomic E-state index is 5.80. The monoisotopic (exact) mass is 238 g/mol. The van der Waals surface area contributed by atoms with E-state index in [1.807, 2.05) is 42.5 Å². The second-order valence-corrected chi connectivity index (χ2v) is 4.15. The molecule has 0 atom stereocenters. The van der Waals surface area contributed by atoms with Crippen molar-refractivity contribution in [1.29, 1.82) is 0 Å². The number of benzene rings is 2. The van der Waals surface area contributed by atoms with Gasteiger partial charge >= 0.3 is 0 Å². The van der Waals surface area contributed by atoms with Gasteiger partial charge in [0.25, 0.3) is 0 Å². The van der Waals surface area contributed by atoms with Crippen molar-refractivity contribution in [3.8, 4) is 11.5 Å². The van der Waals surface area contributed by atoms with Gasteiger partial charge in [0.05, 0.1) is 0 Å². The van der Waals surface area contributed by atoms with Gasteiger partial charge in [-0.05, 0) is 42.7 Å². The summed E-state index contributed by atoms with van der Waals surface area (Å²) in [6.45, 7) is 2.14. The Hall–Kier alpha value is -2.02. The van der Waals surface area contributed by atoms with E-state index in [4.69, 9.17) is 4.74 Å². The van der Waals surface area contributed by atoms with E-state index < -0.39 is 0 Å². The molecule has 0 aliphatic rings. The summed E-state index contributed by atoms with van der Waals surface area (Å²) in [5.74, 6) is 1.77. The van der Waals surface area contributed by atoms with Crippen molar-refractivity contribution in [2.24, 2.45) is 0 Å². The predicted octanol–water partition coefficient (Wildman–Crippen LogP) is 4.99. The highest BCUT2D eigenvalue weighted by atomic mass is 16.5. The first-order valence-corrected chi connectivity index (χ1v) is 6.35. The lowest BCUT2D eigenvalue weighted by molar-refractivity contribution is 0.482. The Bertz CT molecular complexity index is 500. The molecule has 2 rings (SSSR count). The highest BCUT2D eigenvalue weighted by Gasteiger charge is 1.97. The standard InChI is InChI=1S/C17H18O/c1-2-3-5-9-15-10-8-13-17(14-15)18-16-11-6-4-7-12-16/h3-8,10-14H,2,9H2,1H3. The predicted molar refractivity (Wildman–Crippen MR) is 76.1 cm³/mol. The molecule has 0 fully saturated rings. The summed E-state index contributed by atoms with van der Waals surface area (Å²) in [5.41, 5.74) is 1.27. The summed E-state index contributed by atoms with van der Waals surface area (Å²) >= 11 is 0. The van der Waals surface area contributed by atoms with Crippen LogP contribution < -0.4 is 4.74 Å². The summed E-state index contributed by atoms with van der Waals surface area (Å²) in [5, 5.41) is 0. The third kappa shape index (κ3) is 3.77. The lowest BCUT2D eigenvalue weighted by atomic mass is 10.1. The highest BCUT2D eigenvalue weighted by Crippen LogP contribution is 2.22. The average Bonchev–Trinajstić information content (AvgIpc) is 2.41. The molecule has 92 valence electrons. The molecule has 18 heavy (non-hydrogen) atoms. The molecule has 0 spiro atoms. The van der Waals surface area contributed by atoms with Crippen molar-refractivity contribution in [2.75, 3.05) is 0 Å². The van der Waals surface area contributed by atoms with E-state index in [1.165, 1.54) is 5.56 Å². The number of hydrogen-bond donors (Lipinski definition) is 0. The lowest BCUT2D eigenvalue weighted by Crippen LogP contribution is -1.86. The van der Waals surface area contributed by atoms with Crippen LogP contribution in [0.3, 0.4) is 0 Å². The van der Waals surface area contributed by atoms with Crippen LogP contribution in [0.1, 0.15) is 18.9 Å². The topological polar surface area (TPSA) is 9.23 Å². The van der Waals surface area contributed by atoms with Crippen LogP contribution in [0.15, 0.2) is 66.7 Å². The Morgan fingerprint density at radius 2 is 1.67 bits per heavy atom. The van der Waals surface area contributed by atoms with Gasteiger partial charge in [-0.25, -0.2) is 0 Å². The van der Waals surface area contributed by atoms with E-state index >= 15 is 0 Å². The second-order valence-electron chi connectivity index (χ2n) is 4.15. The van der Waals surface area contributed by atoms with Crippen LogP contribution in [0.2, 0.25) is 0 Å². The van der Waals surface area contributed by atoms with Gasteiger partial charge in [0.2, 0.25) is 0 Å². The van der Waals surface area contributed by atoms with Gasteiger partial charge in [0.1, 0.15) is 11.5 Å². The van der Waals surface area contributed by atoms with Gasteiger partial charge in [0.15, 0.2) is 0 Å². The molecule has 0 N–H and O–H groups in total. The molecule has 2 aromatic rings. The number of ether oxygens (including phenoxy) is 1. The van der Waals surface area contributed by atoms with Crippen molar-refractivity contribution >= 4 is 0 Å². The Morgan fingerprint density at radius 1 is 0.889 bits per heavy atom. The zero-order valence-corrected chi connectivity index (χ0v) is 10.7. The van der Waals surface area contributed by atoms with E-state index in [0.717, 1.165) is 24.3 Å². The van der Waals surface area contributed by atoms with Crippen LogP contribution in [0.4, 0.5) is 0 Å². The van der Waals surface area contributed by atoms with Crippen molar-refractivity contribution in [3.05, 3.63) is 72.3 Å². The Labute approximate surface area is 109 Å². The zero-order valence-electron chi connectivity index (χ0n) is 10.7. The van der Waals surface area contributed by atoms with Crippen LogP contribution in [-0.4, -0.2) is 0 Å². The Balaban J connectivity index is 2.05. The van der Waals surface area contributed by atoms with Gasteiger partial charge in [-0.15, -0.1) is 0 Å². The van der Waals surface area contributed by atoms with Gasteiger partial charge < -0.3 is 4.74 Å². The minimum Gasteiger partial charge on any atom is -0.457 e. The molecule has 0 aliphatic carbocycles. The molecule has 1 heteroatoms. The number of rotatable bonds is 5. The van der Waals surface area contributed by atoms with E-state index in [-0.39, 0.29) is 0 Å². The van der Waals surface area contributed by atoms with Gasteiger partial charge in [-0.3, -0.25) is 0 Å². The number of para-hydroxylation sites is 1. The molecule has 0 heterocycles. The van der Waals surface area contributed by atoms with Crippen molar-refractivity contribution < 1.29 is 4.74 Å². The summed E-state index contributed by atoms with van der Waals surface area (Å²) in [6.07, 6.45) is 6.42. The minimum absolute atomic E-state index is 0.874. The van der Waals surface area contributed by atoms with Gasteiger partial charge in [0, 0.05) is 0 Å². The molecule has 0 unspecified atom stereocenters. The third-order valence-electron chi connectivity index (χ3n) is 2.63. The first kappa shape index (κ1) is 12.4. The maximum Gasteiger partial charge on any atom is 0.127 e. The van der Waals surface area contributed by atoms with Crippen LogP contribution in [0.25, 0.3) is 0 Å². The van der Waals surface area contributed by atoms with Crippen LogP contribution in [-0.2, 0) is 6.42 Å². The molecule has 0 saturated carbocycles. The van der Waals surface area contributed by atoms with Gasteiger partial charge in [-0.1, -0.05) is 49.4 Å². The molecule has 0 aliphatic heterocycles. The smallest absolute Gasteiger partial charge is 0.127 e. The summed E-state index contributed by atoms with van der Waals surface area (Å²) in [6, 6.07) is 18.1.